The van der Waals surface area contributed by atoms with Crippen molar-refractivity contribution in [1.29, 1.82) is 0 Å². The van der Waals surface area contributed by atoms with E-state index in [-0.39, 0.29) is 0 Å². The summed E-state index contributed by atoms with van der Waals surface area (Å²) in [6, 6.07) is 8.22. The third-order valence-corrected chi connectivity index (χ3v) is 2.28. The van der Waals surface area contributed by atoms with Gasteiger partial charge in [0.05, 0.1) is 5.69 Å². The molecule has 81 valence electrons. The third kappa shape index (κ3) is 1.67. The van der Waals surface area contributed by atoms with Crippen LogP contribution in [-0.4, -0.2) is 14.3 Å². The second-order valence-electron chi connectivity index (χ2n) is 3.47. The lowest BCUT2D eigenvalue weighted by Gasteiger charge is -2.04. The minimum absolute atomic E-state index is 0.419. The molecule has 0 aliphatic rings. The fraction of sp³-hybridized carbons (Fsp3) is 0.182. The molecule has 1 aromatic heterocycles. The van der Waals surface area contributed by atoms with Crippen LogP contribution in [0.25, 0.3) is 5.69 Å². The Kier molecular flexibility index (Phi) is 2.44. The van der Waals surface area contributed by atoms with Gasteiger partial charge in [-0.15, -0.1) is 0 Å². The Hall–Kier alpha value is -2.17. The van der Waals surface area contributed by atoms with Crippen molar-refractivity contribution in [1.82, 2.24) is 14.3 Å². The molecule has 2 aromatic rings. The lowest BCUT2D eigenvalue weighted by atomic mass is 10.2. The molecule has 1 heterocycles. The molecule has 16 heavy (non-hydrogen) atoms. The minimum Gasteiger partial charge on any atom is -0.267 e. The molecule has 5 heteroatoms. The molecule has 0 aliphatic carbocycles. The molecule has 2 rings (SSSR count). The summed E-state index contributed by atoms with van der Waals surface area (Å²) in [5.74, 6) is 0. The maximum atomic E-state index is 11.7. The summed E-state index contributed by atoms with van der Waals surface area (Å²) in [6.45, 7) is 1.90. The smallest absolute Gasteiger partial charge is 0.267 e. The van der Waals surface area contributed by atoms with Crippen molar-refractivity contribution in [2.75, 3.05) is 0 Å². The first kappa shape index (κ1) is 10.4. The zero-order valence-electron chi connectivity index (χ0n) is 8.97. The van der Waals surface area contributed by atoms with Crippen molar-refractivity contribution in [3.05, 3.63) is 56.9 Å². The maximum Gasteiger partial charge on any atom is 0.351 e. The van der Waals surface area contributed by atoms with Crippen molar-refractivity contribution < 1.29 is 0 Å². The molecular formula is C11H10N3O2. The fourth-order valence-electron chi connectivity index (χ4n) is 1.28. The van der Waals surface area contributed by atoms with Crippen LogP contribution in [0.5, 0.6) is 0 Å². The first-order chi connectivity index (χ1) is 7.59. The molecule has 0 atom stereocenters. The highest BCUT2D eigenvalue weighted by Gasteiger charge is 2.04. The van der Waals surface area contributed by atoms with Gasteiger partial charge in [-0.3, -0.25) is 9.36 Å². The van der Waals surface area contributed by atoms with E-state index in [4.69, 9.17) is 0 Å². The van der Waals surface area contributed by atoms with Crippen LogP contribution >= 0.6 is 0 Å². The number of aromatic nitrogens is 3. The molecule has 0 amide bonds. The monoisotopic (exact) mass is 216 g/mol. The molecule has 5 nitrogen and oxygen atoms in total. The molecular weight excluding hydrogens is 206 g/mol. The Morgan fingerprint density at radius 3 is 2.69 bits per heavy atom. The molecule has 0 spiro atoms. The van der Waals surface area contributed by atoms with Crippen LogP contribution in [0.4, 0.5) is 0 Å². The topological polar surface area (TPSA) is 56.9 Å². The van der Waals surface area contributed by atoms with Gasteiger partial charge in [-0.1, -0.05) is 6.07 Å². The van der Waals surface area contributed by atoms with Crippen molar-refractivity contribution >= 4 is 0 Å². The van der Waals surface area contributed by atoms with E-state index in [1.807, 2.05) is 13.0 Å². The van der Waals surface area contributed by atoms with E-state index in [1.54, 1.807) is 12.1 Å². The number of benzene rings is 1. The number of aryl methyl sites for hydroxylation is 1. The van der Waals surface area contributed by atoms with Gasteiger partial charge in [-0.25, -0.2) is 4.79 Å². The van der Waals surface area contributed by atoms with E-state index >= 15 is 0 Å². The lowest BCUT2D eigenvalue weighted by molar-refractivity contribution is 0.654. The zero-order chi connectivity index (χ0) is 11.7. The van der Waals surface area contributed by atoms with Gasteiger partial charge in [0, 0.05) is 7.05 Å². The van der Waals surface area contributed by atoms with Gasteiger partial charge in [0.1, 0.15) is 6.20 Å². The van der Waals surface area contributed by atoms with Crippen LogP contribution in [0.1, 0.15) is 5.56 Å². The summed E-state index contributed by atoms with van der Waals surface area (Å²) >= 11 is 0. The summed E-state index contributed by atoms with van der Waals surface area (Å²) in [5, 5.41) is 3.79. The van der Waals surface area contributed by atoms with Crippen LogP contribution in [0.2, 0.25) is 0 Å². The quantitative estimate of drug-likeness (QED) is 0.676. The predicted molar refractivity (Wildman–Crippen MR) is 58.6 cm³/mol. The molecule has 1 aromatic carbocycles. The number of hydrogen-bond acceptors (Lipinski definition) is 3. The summed E-state index contributed by atoms with van der Waals surface area (Å²) in [5.41, 5.74) is 0.676. The van der Waals surface area contributed by atoms with E-state index in [9.17, 15) is 9.59 Å². The average molecular weight is 216 g/mol. The van der Waals surface area contributed by atoms with Gasteiger partial charge in [0.2, 0.25) is 0 Å². The number of rotatable bonds is 1. The van der Waals surface area contributed by atoms with Crippen LogP contribution in [0.15, 0.2) is 34.0 Å². The van der Waals surface area contributed by atoms with Gasteiger partial charge in [0.25, 0.3) is 5.56 Å². The Morgan fingerprint density at radius 2 is 2.06 bits per heavy atom. The molecule has 0 saturated heterocycles. The van der Waals surface area contributed by atoms with Crippen molar-refractivity contribution in [2.24, 2.45) is 7.05 Å². The van der Waals surface area contributed by atoms with Crippen LogP contribution < -0.4 is 11.2 Å². The third-order valence-electron chi connectivity index (χ3n) is 2.28. The molecule has 0 unspecified atom stereocenters. The molecule has 0 aliphatic heterocycles. The molecule has 0 bridgehead atoms. The molecule has 1 radical (unpaired) electrons. The average Bonchev–Trinajstić information content (AvgIpc) is 2.28. The van der Waals surface area contributed by atoms with Crippen LogP contribution in [0, 0.1) is 13.0 Å². The zero-order valence-corrected chi connectivity index (χ0v) is 8.97. The van der Waals surface area contributed by atoms with Crippen molar-refractivity contribution in [2.45, 2.75) is 6.92 Å². The standard InChI is InChI=1S/C11H10N3O2/c1-8-3-5-9(6-4-8)14-11(16)13(2)10(15)7-12-14/h3,5-7H,1-2H3. The summed E-state index contributed by atoms with van der Waals surface area (Å²) in [6.07, 6.45) is 1.11. The second kappa shape index (κ2) is 3.77. The first-order valence-corrected chi connectivity index (χ1v) is 4.73. The number of nitrogens with zero attached hydrogens (tertiary/aromatic N) is 3. The van der Waals surface area contributed by atoms with Crippen molar-refractivity contribution in [3.63, 3.8) is 0 Å². The van der Waals surface area contributed by atoms with E-state index < -0.39 is 11.2 Å². The maximum absolute atomic E-state index is 11.7. The van der Waals surface area contributed by atoms with Crippen LogP contribution in [0.3, 0.4) is 0 Å². The van der Waals surface area contributed by atoms with Gasteiger partial charge < -0.3 is 0 Å². The minimum atomic E-state index is -0.468. The van der Waals surface area contributed by atoms with E-state index in [2.05, 4.69) is 11.2 Å². The second-order valence-corrected chi connectivity index (χ2v) is 3.47. The molecule has 0 saturated carbocycles. The summed E-state index contributed by atoms with van der Waals surface area (Å²) in [4.78, 5) is 22.9. The van der Waals surface area contributed by atoms with E-state index in [1.165, 1.54) is 7.05 Å². The Morgan fingerprint density at radius 1 is 1.31 bits per heavy atom. The Labute approximate surface area is 91.6 Å². The highest BCUT2D eigenvalue weighted by atomic mass is 16.2. The summed E-state index contributed by atoms with van der Waals surface area (Å²) < 4.78 is 2.17. The highest BCUT2D eigenvalue weighted by molar-refractivity contribution is 5.31. The van der Waals surface area contributed by atoms with Gasteiger partial charge in [0.15, 0.2) is 0 Å². The summed E-state index contributed by atoms with van der Waals surface area (Å²) in [7, 11) is 1.42. The van der Waals surface area contributed by atoms with Gasteiger partial charge in [-0.05, 0) is 30.7 Å². The van der Waals surface area contributed by atoms with Gasteiger partial charge >= 0.3 is 5.69 Å². The lowest BCUT2D eigenvalue weighted by Crippen LogP contribution is -2.38. The Balaban J connectivity index is 2.66. The Bertz CT molecular complexity index is 623. The SMILES string of the molecule is Cc1[c]cc(-n2ncc(=O)n(C)c2=O)cc1. The molecule has 0 N–H and O–H groups in total. The highest BCUT2D eigenvalue weighted by Crippen LogP contribution is 2.03. The van der Waals surface area contributed by atoms with E-state index in [0.29, 0.717) is 5.69 Å². The largest absolute Gasteiger partial charge is 0.351 e. The predicted octanol–water partition coefficient (Wildman–Crippen LogP) is 0.0398. The number of hydrogen-bond donors (Lipinski definition) is 0. The fourth-order valence-corrected chi connectivity index (χ4v) is 1.28. The van der Waals surface area contributed by atoms with Gasteiger partial charge in [-0.2, -0.15) is 9.78 Å². The van der Waals surface area contributed by atoms with Crippen molar-refractivity contribution in [3.8, 4) is 5.69 Å². The van der Waals surface area contributed by atoms with E-state index in [0.717, 1.165) is 21.0 Å². The van der Waals surface area contributed by atoms with Crippen LogP contribution in [-0.2, 0) is 7.05 Å². The normalized spacial score (nSPS) is 10.4. The molecule has 0 fully saturated rings. The first-order valence-electron chi connectivity index (χ1n) is 4.73.